The zero-order valence-corrected chi connectivity index (χ0v) is 12.4. The van der Waals surface area contributed by atoms with Gasteiger partial charge in [-0.05, 0) is 30.5 Å². The maximum absolute atomic E-state index is 12.3. The molecule has 0 aromatic heterocycles. The van der Waals surface area contributed by atoms with Crippen LogP contribution in [0.15, 0.2) is 23.1 Å². The fraction of sp³-hybridized carbons (Fsp3) is 0.500. The van der Waals surface area contributed by atoms with Crippen LogP contribution in [0.5, 0.6) is 0 Å². The van der Waals surface area contributed by atoms with Crippen molar-refractivity contribution < 1.29 is 8.42 Å². The minimum atomic E-state index is -3.54. The van der Waals surface area contributed by atoms with Crippen LogP contribution in [0.1, 0.15) is 20.3 Å². The quantitative estimate of drug-likeness (QED) is 0.848. The summed E-state index contributed by atoms with van der Waals surface area (Å²) in [6, 6.07) is 4.43. The highest BCUT2D eigenvalue weighted by Gasteiger charge is 2.23. The van der Waals surface area contributed by atoms with Crippen LogP contribution in [0, 0.1) is 5.92 Å². The summed E-state index contributed by atoms with van der Waals surface area (Å²) in [4.78, 5) is 0.102. The monoisotopic (exact) mass is 290 g/mol. The molecule has 0 unspecified atom stereocenters. The van der Waals surface area contributed by atoms with E-state index in [1.54, 1.807) is 7.05 Å². The number of anilines is 1. The molecular weight excluding hydrogens is 272 g/mol. The zero-order valence-electron chi connectivity index (χ0n) is 10.9. The fourth-order valence-electron chi connectivity index (χ4n) is 1.45. The van der Waals surface area contributed by atoms with Crippen molar-refractivity contribution in [3.63, 3.8) is 0 Å². The minimum absolute atomic E-state index is 0.102. The van der Waals surface area contributed by atoms with Crippen LogP contribution in [0.25, 0.3) is 0 Å². The van der Waals surface area contributed by atoms with Gasteiger partial charge in [0.25, 0.3) is 0 Å². The van der Waals surface area contributed by atoms with Gasteiger partial charge in [-0.25, -0.2) is 12.7 Å². The summed E-state index contributed by atoms with van der Waals surface area (Å²) >= 11 is 5.93. The molecule has 0 atom stereocenters. The lowest BCUT2D eigenvalue weighted by atomic mass is 10.1. The van der Waals surface area contributed by atoms with Crippen molar-refractivity contribution in [3.8, 4) is 0 Å². The summed E-state index contributed by atoms with van der Waals surface area (Å²) in [6.45, 7) is 4.58. The smallest absolute Gasteiger partial charge is 0.244 e. The highest BCUT2D eigenvalue weighted by atomic mass is 35.5. The van der Waals surface area contributed by atoms with Crippen molar-refractivity contribution in [2.24, 2.45) is 5.92 Å². The van der Waals surface area contributed by atoms with Crippen molar-refractivity contribution in [1.29, 1.82) is 0 Å². The maximum Gasteiger partial charge on any atom is 0.244 e. The van der Waals surface area contributed by atoms with Crippen LogP contribution in [-0.2, 0) is 10.0 Å². The molecule has 0 spiro atoms. The maximum atomic E-state index is 12.3. The lowest BCUT2D eigenvalue weighted by Gasteiger charge is -2.19. The Morgan fingerprint density at radius 1 is 1.39 bits per heavy atom. The predicted molar refractivity (Wildman–Crippen MR) is 75.1 cm³/mol. The van der Waals surface area contributed by atoms with Gasteiger partial charge in [0.1, 0.15) is 4.90 Å². The molecule has 0 saturated heterocycles. The lowest BCUT2D eigenvalue weighted by Crippen LogP contribution is -2.28. The molecule has 4 nitrogen and oxygen atoms in total. The van der Waals surface area contributed by atoms with Gasteiger partial charge in [-0.15, -0.1) is 0 Å². The van der Waals surface area contributed by atoms with Gasteiger partial charge in [-0.3, -0.25) is 0 Å². The first kappa shape index (κ1) is 15.3. The minimum Gasteiger partial charge on any atom is -0.399 e. The van der Waals surface area contributed by atoms with E-state index in [0.717, 1.165) is 6.42 Å². The first-order valence-corrected chi connectivity index (χ1v) is 7.58. The number of nitrogens with zero attached hydrogens (tertiary/aromatic N) is 1. The van der Waals surface area contributed by atoms with Gasteiger partial charge in [0.2, 0.25) is 10.0 Å². The standard InChI is InChI=1S/C12H19ClN2O2S/c1-9(2)6-7-15(3)18(16,17)12-5-4-10(14)8-11(12)13/h4-5,8-9H,6-7,14H2,1-3H3. The summed E-state index contributed by atoms with van der Waals surface area (Å²) < 4.78 is 25.9. The molecule has 0 radical (unpaired) electrons. The Kier molecular flexibility index (Phi) is 5.01. The lowest BCUT2D eigenvalue weighted by molar-refractivity contribution is 0.428. The van der Waals surface area contributed by atoms with Crippen molar-refractivity contribution in [3.05, 3.63) is 23.2 Å². The Labute approximate surface area is 114 Å². The summed E-state index contributed by atoms with van der Waals surface area (Å²) in [6.07, 6.45) is 0.808. The summed E-state index contributed by atoms with van der Waals surface area (Å²) in [7, 11) is -1.98. The molecule has 102 valence electrons. The van der Waals surface area contributed by atoms with E-state index in [9.17, 15) is 8.42 Å². The van der Waals surface area contributed by atoms with Crippen LogP contribution < -0.4 is 5.73 Å². The van der Waals surface area contributed by atoms with Crippen molar-refractivity contribution in [2.45, 2.75) is 25.2 Å². The first-order valence-electron chi connectivity index (χ1n) is 5.76. The van der Waals surface area contributed by atoms with E-state index >= 15 is 0 Å². The van der Waals surface area contributed by atoms with E-state index in [1.807, 2.05) is 0 Å². The molecule has 1 aromatic rings. The topological polar surface area (TPSA) is 63.4 Å². The molecule has 0 aliphatic heterocycles. The van der Waals surface area contributed by atoms with E-state index in [1.165, 1.54) is 22.5 Å². The van der Waals surface area contributed by atoms with E-state index in [0.29, 0.717) is 18.2 Å². The van der Waals surface area contributed by atoms with Crippen LogP contribution in [0.4, 0.5) is 5.69 Å². The van der Waals surface area contributed by atoms with Gasteiger partial charge in [-0.2, -0.15) is 0 Å². The molecular formula is C12H19ClN2O2S. The van der Waals surface area contributed by atoms with E-state index in [4.69, 9.17) is 17.3 Å². The number of hydrogen-bond acceptors (Lipinski definition) is 3. The Bertz CT molecular complexity index is 515. The average Bonchev–Trinajstić information content (AvgIpc) is 2.24. The van der Waals surface area contributed by atoms with Crippen LogP contribution in [-0.4, -0.2) is 26.3 Å². The number of nitrogen functional groups attached to an aromatic ring is 1. The SMILES string of the molecule is CC(C)CCN(C)S(=O)(=O)c1ccc(N)cc1Cl. The molecule has 0 aliphatic rings. The Morgan fingerprint density at radius 3 is 2.50 bits per heavy atom. The molecule has 1 rings (SSSR count). The fourth-order valence-corrected chi connectivity index (χ4v) is 3.16. The molecule has 6 heteroatoms. The number of nitrogens with two attached hydrogens (primary N) is 1. The van der Waals surface area contributed by atoms with Gasteiger partial charge in [0.05, 0.1) is 5.02 Å². The number of benzene rings is 1. The van der Waals surface area contributed by atoms with E-state index in [2.05, 4.69) is 13.8 Å². The molecule has 0 heterocycles. The molecule has 0 aliphatic carbocycles. The predicted octanol–water partition coefficient (Wildman–Crippen LogP) is 2.59. The van der Waals surface area contributed by atoms with Crippen molar-refractivity contribution in [2.75, 3.05) is 19.3 Å². The van der Waals surface area contributed by atoms with E-state index in [-0.39, 0.29) is 9.92 Å². The Balaban J connectivity index is 2.98. The molecule has 0 saturated carbocycles. The van der Waals surface area contributed by atoms with Crippen molar-refractivity contribution in [1.82, 2.24) is 4.31 Å². The molecule has 0 bridgehead atoms. The largest absolute Gasteiger partial charge is 0.399 e. The third kappa shape index (κ3) is 3.60. The average molecular weight is 291 g/mol. The summed E-state index contributed by atoms with van der Waals surface area (Å²) in [5.74, 6) is 0.449. The molecule has 0 fully saturated rings. The Hall–Kier alpha value is -0.780. The highest BCUT2D eigenvalue weighted by molar-refractivity contribution is 7.89. The zero-order chi connectivity index (χ0) is 13.9. The van der Waals surface area contributed by atoms with Gasteiger partial charge < -0.3 is 5.73 Å². The summed E-state index contributed by atoms with van der Waals surface area (Å²) in [5, 5.41) is 0.159. The Morgan fingerprint density at radius 2 is 2.00 bits per heavy atom. The number of hydrogen-bond donors (Lipinski definition) is 1. The van der Waals surface area contributed by atoms with E-state index < -0.39 is 10.0 Å². The molecule has 2 N–H and O–H groups in total. The van der Waals surface area contributed by atoms with Crippen molar-refractivity contribution >= 4 is 27.3 Å². The highest BCUT2D eigenvalue weighted by Crippen LogP contribution is 2.26. The first-order chi connectivity index (χ1) is 8.25. The summed E-state index contributed by atoms with van der Waals surface area (Å²) in [5.41, 5.74) is 6.00. The second-order valence-electron chi connectivity index (χ2n) is 4.70. The van der Waals surface area contributed by atoms with Gasteiger partial charge in [0, 0.05) is 19.3 Å². The number of sulfonamides is 1. The second kappa shape index (κ2) is 5.91. The normalized spacial score (nSPS) is 12.3. The van der Waals surface area contributed by atoms with Gasteiger partial charge in [0.15, 0.2) is 0 Å². The van der Waals surface area contributed by atoms with Gasteiger partial charge >= 0.3 is 0 Å². The molecule has 1 aromatic carbocycles. The molecule has 18 heavy (non-hydrogen) atoms. The number of halogens is 1. The van der Waals surface area contributed by atoms with Crippen LogP contribution in [0.3, 0.4) is 0 Å². The van der Waals surface area contributed by atoms with Crippen LogP contribution >= 0.6 is 11.6 Å². The second-order valence-corrected chi connectivity index (χ2v) is 7.12. The molecule has 0 amide bonds. The third-order valence-electron chi connectivity index (χ3n) is 2.67. The van der Waals surface area contributed by atoms with Gasteiger partial charge in [-0.1, -0.05) is 25.4 Å². The third-order valence-corrected chi connectivity index (χ3v) is 5.01. The van der Waals surface area contributed by atoms with Crippen LogP contribution in [0.2, 0.25) is 5.02 Å². The number of rotatable bonds is 5.